The van der Waals surface area contributed by atoms with Crippen LogP contribution < -0.4 is 26.0 Å². The SMILES string of the molecule is c1ccc(-c2cc(-c3ccccc3)cc(-c3cc4c5c(c3)N(c3ccccc3-c3ccccc3)c3cc(-c6cccc(-n7c8ccccc8c8ccccc87)c6-n6c7ccccc7c7ccccc76)ccc3B5c3ccc(-c5cccc(-n6c7ccccc7c7ccccc76)c5-n5c6ccccc6c6ccccc65)cc3O4)c2)cc1. The van der Waals surface area contributed by atoms with Crippen molar-refractivity contribution in [1.82, 2.24) is 18.3 Å². The second-order valence-corrected chi connectivity index (χ2v) is 30.5. The van der Waals surface area contributed by atoms with Crippen LogP contribution in [0.4, 0.5) is 17.1 Å². The van der Waals surface area contributed by atoms with Gasteiger partial charge < -0.3 is 27.9 Å². The molecule has 0 spiro atoms. The second kappa shape index (κ2) is 25.7. The summed E-state index contributed by atoms with van der Waals surface area (Å²) in [4.78, 5) is 2.58. The van der Waals surface area contributed by atoms with E-state index < -0.39 is 0 Å². The summed E-state index contributed by atoms with van der Waals surface area (Å²) in [5.74, 6) is 1.61. The zero-order valence-corrected chi connectivity index (χ0v) is 62.5. The number of rotatable bonds is 11. The summed E-state index contributed by atoms with van der Waals surface area (Å²) < 4.78 is 18.0. The lowest BCUT2D eigenvalue weighted by molar-refractivity contribution is 0.488. The van der Waals surface area contributed by atoms with Crippen LogP contribution in [0, 0.1) is 0 Å². The molecule has 7 heteroatoms. The lowest BCUT2D eigenvalue weighted by Crippen LogP contribution is -2.59. The predicted molar refractivity (Wildman–Crippen MR) is 482 cm³/mol. The third-order valence-corrected chi connectivity index (χ3v) is 24.4. The van der Waals surface area contributed by atoms with Gasteiger partial charge in [0.2, 0.25) is 0 Å². The summed E-state index contributed by atoms with van der Waals surface area (Å²) in [5, 5.41) is 9.62. The van der Waals surface area contributed by atoms with E-state index in [9.17, 15) is 0 Å². The third kappa shape index (κ3) is 9.91. The number of hydrogen-bond acceptors (Lipinski definition) is 2. The maximum atomic E-state index is 7.97. The van der Waals surface area contributed by atoms with E-state index in [-0.39, 0.29) is 6.71 Å². The topological polar surface area (TPSA) is 32.2 Å². The van der Waals surface area contributed by atoms with Gasteiger partial charge in [0, 0.05) is 71.2 Å². The molecule has 0 unspecified atom stereocenters. The third-order valence-electron chi connectivity index (χ3n) is 24.4. The molecule has 0 saturated heterocycles. The molecule has 6 heterocycles. The highest BCUT2D eigenvalue weighted by atomic mass is 16.5. The number of benzene rings is 18. The first-order valence-corrected chi connectivity index (χ1v) is 39.7. The zero-order valence-electron chi connectivity index (χ0n) is 62.5. The van der Waals surface area contributed by atoms with Crippen LogP contribution in [-0.4, -0.2) is 25.0 Å². The number of aromatic nitrogens is 4. The largest absolute Gasteiger partial charge is 0.458 e. The Labute approximate surface area is 664 Å². The van der Waals surface area contributed by atoms with Gasteiger partial charge in [-0.1, -0.05) is 303 Å². The Morgan fingerprint density at radius 2 is 0.496 bits per heavy atom. The molecule has 0 atom stereocenters. The van der Waals surface area contributed by atoms with Crippen molar-refractivity contribution in [2.45, 2.75) is 0 Å². The molecule has 0 aliphatic carbocycles. The molecule has 2 aliphatic rings. The Bertz CT molecular complexity index is 7510. The normalized spacial score (nSPS) is 12.4. The highest BCUT2D eigenvalue weighted by Crippen LogP contribution is 2.51. The molecule has 115 heavy (non-hydrogen) atoms. The van der Waals surface area contributed by atoms with Crippen LogP contribution >= 0.6 is 0 Å². The Morgan fingerprint density at radius 1 is 0.183 bits per heavy atom. The highest BCUT2D eigenvalue weighted by Gasteiger charge is 2.44. The average Bonchev–Trinajstić information content (AvgIpc) is 1.46. The predicted octanol–water partition coefficient (Wildman–Crippen LogP) is 26.5. The molecule has 534 valence electrons. The fourth-order valence-corrected chi connectivity index (χ4v) is 19.5. The van der Waals surface area contributed by atoms with Gasteiger partial charge in [-0.15, -0.1) is 0 Å². The fraction of sp³-hybridized carbons (Fsp3) is 0. The van der Waals surface area contributed by atoms with Crippen LogP contribution in [-0.2, 0) is 0 Å². The molecular weight excluding hydrogens is 1390 g/mol. The van der Waals surface area contributed by atoms with E-state index in [0.29, 0.717) is 0 Å². The molecule has 0 N–H and O–H groups in total. The molecule has 0 amide bonds. The molecule has 6 nitrogen and oxygen atoms in total. The smallest absolute Gasteiger partial charge is 0.256 e. The van der Waals surface area contributed by atoms with E-state index in [4.69, 9.17) is 4.74 Å². The van der Waals surface area contributed by atoms with Gasteiger partial charge >= 0.3 is 0 Å². The van der Waals surface area contributed by atoms with Gasteiger partial charge in [0.1, 0.15) is 11.5 Å². The number of hydrogen-bond donors (Lipinski definition) is 0. The summed E-state index contributed by atoms with van der Waals surface area (Å²) >= 11 is 0. The molecule has 0 radical (unpaired) electrons. The van der Waals surface area contributed by atoms with Crippen LogP contribution in [0.5, 0.6) is 11.5 Å². The first kappa shape index (κ1) is 64.6. The molecule has 0 bridgehead atoms. The second-order valence-electron chi connectivity index (χ2n) is 30.5. The average molecular weight is 1460 g/mol. The van der Waals surface area contributed by atoms with Gasteiger partial charge in [-0.25, -0.2) is 0 Å². The Kier molecular flexibility index (Phi) is 14.4. The molecule has 22 aromatic rings. The first-order chi connectivity index (χ1) is 57.1. The summed E-state index contributed by atoms with van der Waals surface area (Å²) in [5.41, 5.74) is 33.1. The quantitative estimate of drug-likeness (QED) is 0.121. The number of ether oxygens (including phenoxy) is 1. The number of fused-ring (bicyclic) bond motifs is 16. The van der Waals surface area contributed by atoms with E-state index in [0.717, 1.165) is 173 Å². The summed E-state index contributed by atoms with van der Waals surface area (Å²) in [6.07, 6.45) is 0. The Hall–Kier alpha value is -15.2. The minimum atomic E-state index is -0.293. The van der Waals surface area contributed by atoms with E-state index in [1.54, 1.807) is 0 Å². The molecule has 2 aliphatic heterocycles. The van der Waals surface area contributed by atoms with E-state index in [2.05, 4.69) is 436 Å². The first-order valence-electron chi connectivity index (χ1n) is 39.7. The van der Waals surface area contributed by atoms with Gasteiger partial charge in [0.25, 0.3) is 6.71 Å². The lowest BCUT2D eigenvalue weighted by atomic mass is 9.34. The van der Waals surface area contributed by atoms with Crippen LogP contribution in [0.2, 0.25) is 0 Å². The van der Waals surface area contributed by atoms with Crippen molar-refractivity contribution < 1.29 is 4.74 Å². The molecule has 0 saturated carbocycles. The van der Waals surface area contributed by atoms with E-state index >= 15 is 0 Å². The van der Waals surface area contributed by atoms with Gasteiger partial charge in [0.15, 0.2) is 0 Å². The molecule has 18 aromatic carbocycles. The fourth-order valence-electron chi connectivity index (χ4n) is 19.5. The van der Waals surface area contributed by atoms with E-state index in [1.165, 1.54) is 48.6 Å². The number of anilines is 3. The zero-order chi connectivity index (χ0) is 75.3. The van der Waals surface area contributed by atoms with Crippen molar-refractivity contribution in [2.75, 3.05) is 4.90 Å². The summed E-state index contributed by atoms with van der Waals surface area (Å²) in [6.45, 7) is -0.293. The summed E-state index contributed by atoms with van der Waals surface area (Å²) in [7, 11) is 0. The minimum absolute atomic E-state index is 0.293. The van der Waals surface area contributed by atoms with Crippen molar-refractivity contribution in [1.29, 1.82) is 0 Å². The van der Waals surface area contributed by atoms with Gasteiger partial charge in [-0.05, 0) is 176 Å². The Balaban J connectivity index is 0.795. The van der Waals surface area contributed by atoms with Crippen molar-refractivity contribution in [2.24, 2.45) is 0 Å². The van der Waals surface area contributed by atoms with Crippen LogP contribution in [0.1, 0.15) is 0 Å². The van der Waals surface area contributed by atoms with Gasteiger partial charge in [-0.2, -0.15) is 0 Å². The number of nitrogens with zero attached hydrogens (tertiary/aromatic N) is 5. The Morgan fingerprint density at radius 3 is 0.930 bits per heavy atom. The van der Waals surface area contributed by atoms with Gasteiger partial charge in [0.05, 0.1) is 72.6 Å². The maximum Gasteiger partial charge on any atom is 0.256 e. The lowest BCUT2D eigenvalue weighted by Gasteiger charge is -2.41. The van der Waals surface area contributed by atoms with E-state index in [1.807, 2.05) is 0 Å². The molecular formula is C108H68BN5O. The van der Waals surface area contributed by atoms with Crippen LogP contribution in [0.25, 0.3) is 177 Å². The maximum absolute atomic E-state index is 7.97. The van der Waals surface area contributed by atoms with Crippen LogP contribution in [0.3, 0.4) is 0 Å². The van der Waals surface area contributed by atoms with Crippen molar-refractivity contribution >= 4 is 127 Å². The number of para-hydroxylation sites is 11. The molecule has 24 rings (SSSR count). The van der Waals surface area contributed by atoms with Gasteiger partial charge in [-0.3, -0.25) is 0 Å². The van der Waals surface area contributed by atoms with Crippen molar-refractivity contribution in [3.63, 3.8) is 0 Å². The van der Waals surface area contributed by atoms with Crippen molar-refractivity contribution in [3.05, 3.63) is 413 Å². The van der Waals surface area contributed by atoms with Crippen molar-refractivity contribution in [3.8, 4) is 101 Å². The standard InChI is InChI=1S/C108H68BN5O/c1-4-30-69(31-5-1)74-62-75(70-32-6-2-7-33-70)64-76(63-74)77-66-103-106-105(68-77)115-104-67-73(80-46-29-57-101(111-94-50-22-13-39-83(94)84-40-14-23-51-95(84)111)108(80)114-98-54-26-17-43-87(98)88-44-18-27-55-99(88)114)59-61-90(104)109(106)89-60-58-72(65-102(89)112(103)91-47-19-10-36-78(91)71-34-8-3-9-35-71)79-45-28-56-100(110-92-48-20-11-37-81(92)82-38-12-21-49-93(82)110)107(79)113-96-52-24-15-41-85(96)86-42-16-25-53-97(86)113/h1-68H. The monoisotopic (exact) mass is 1460 g/mol. The molecule has 4 aromatic heterocycles. The molecule has 0 fully saturated rings. The minimum Gasteiger partial charge on any atom is -0.458 e. The summed E-state index contributed by atoms with van der Waals surface area (Å²) in [6, 6.07) is 153. The highest BCUT2D eigenvalue weighted by molar-refractivity contribution is 6.99. The van der Waals surface area contributed by atoms with Crippen LogP contribution in [0.15, 0.2) is 413 Å².